The molecule has 0 amide bonds. The number of aryl methyl sites for hydroxylation is 2. The maximum Gasteiger partial charge on any atom is 0.338 e. The van der Waals surface area contributed by atoms with E-state index >= 15 is 0 Å². The quantitative estimate of drug-likeness (QED) is 0.748. The molecule has 100 valence electrons. The van der Waals surface area contributed by atoms with Crippen LogP contribution in [0.4, 0.5) is 0 Å². The lowest BCUT2D eigenvalue weighted by molar-refractivity contribution is 0.0699. The fraction of sp³-hybridized carbons (Fsp3) is 0.133. The zero-order valence-corrected chi connectivity index (χ0v) is 11.1. The fourth-order valence-electron chi connectivity index (χ4n) is 2.22. The number of carboxylic acid groups (broad SMARTS) is 1. The van der Waals surface area contributed by atoms with Gasteiger partial charge in [0.2, 0.25) is 0 Å². The monoisotopic (exact) mass is 267 g/mol. The Morgan fingerprint density at radius 3 is 2.70 bits per heavy atom. The maximum atomic E-state index is 11.4. The Kier molecular flexibility index (Phi) is 2.75. The summed E-state index contributed by atoms with van der Waals surface area (Å²) >= 11 is 0. The van der Waals surface area contributed by atoms with E-state index in [9.17, 15) is 9.90 Å². The number of pyridine rings is 1. The van der Waals surface area contributed by atoms with Gasteiger partial charge in [0.25, 0.3) is 0 Å². The lowest BCUT2D eigenvalue weighted by Gasteiger charge is -2.04. The molecule has 0 bridgehead atoms. The summed E-state index contributed by atoms with van der Waals surface area (Å²) < 4.78 is 0. The summed E-state index contributed by atoms with van der Waals surface area (Å²) in [4.78, 5) is 23.0. The third-order valence-electron chi connectivity index (χ3n) is 3.12. The number of aromatic carboxylic acids is 1. The minimum absolute atomic E-state index is 0.187. The molecule has 3 aromatic rings. The van der Waals surface area contributed by atoms with Crippen LogP contribution in [-0.2, 0) is 0 Å². The number of H-pyrrole nitrogens is 1. The van der Waals surface area contributed by atoms with E-state index < -0.39 is 5.97 Å². The highest BCUT2D eigenvalue weighted by molar-refractivity contribution is 6.01. The lowest BCUT2D eigenvalue weighted by atomic mass is 10.1. The number of imidazole rings is 1. The Balaban J connectivity index is 2.29. The van der Waals surface area contributed by atoms with Crippen LogP contribution in [-0.4, -0.2) is 26.0 Å². The number of nitrogens with zero attached hydrogens (tertiary/aromatic N) is 2. The van der Waals surface area contributed by atoms with Gasteiger partial charge in [-0.25, -0.2) is 14.8 Å². The van der Waals surface area contributed by atoms with Crippen LogP contribution in [0.3, 0.4) is 0 Å². The first kappa shape index (κ1) is 12.3. The van der Waals surface area contributed by atoms with Crippen LogP contribution in [0.15, 0.2) is 30.3 Å². The summed E-state index contributed by atoms with van der Waals surface area (Å²) in [7, 11) is 0. The number of carboxylic acids is 1. The molecule has 0 fully saturated rings. The van der Waals surface area contributed by atoms with Gasteiger partial charge in [0.15, 0.2) is 5.65 Å². The van der Waals surface area contributed by atoms with Crippen molar-refractivity contribution in [3.8, 4) is 11.3 Å². The summed E-state index contributed by atoms with van der Waals surface area (Å²) in [5.74, 6) is -0.341. The van der Waals surface area contributed by atoms with Crippen molar-refractivity contribution in [1.82, 2.24) is 15.0 Å². The van der Waals surface area contributed by atoms with Crippen molar-refractivity contribution in [3.05, 3.63) is 47.3 Å². The van der Waals surface area contributed by atoms with Crippen molar-refractivity contribution in [1.29, 1.82) is 0 Å². The Hall–Kier alpha value is -2.69. The van der Waals surface area contributed by atoms with Crippen LogP contribution < -0.4 is 0 Å². The first-order valence-corrected chi connectivity index (χ1v) is 6.22. The summed E-state index contributed by atoms with van der Waals surface area (Å²) in [6.45, 7) is 3.76. The molecule has 3 rings (SSSR count). The Morgan fingerprint density at radius 2 is 2.00 bits per heavy atom. The third-order valence-corrected chi connectivity index (χ3v) is 3.12. The molecule has 5 nitrogen and oxygen atoms in total. The van der Waals surface area contributed by atoms with Crippen LogP contribution in [0.1, 0.15) is 21.7 Å². The number of aromatic amines is 1. The molecule has 0 saturated carbocycles. The van der Waals surface area contributed by atoms with Crippen molar-refractivity contribution in [2.24, 2.45) is 0 Å². The first-order chi connectivity index (χ1) is 9.54. The molecule has 0 unspecified atom stereocenters. The molecule has 0 radical (unpaired) electrons. The van der Waals surface area contributed by atoms with Gasteiger partial charge >= 0.3 is 5.97 Å². The highest BCUT2D eigenvalue weighted by Crippen LogP contribution is 2.24. The normalized spacial score (nSPS) is 10.9. The minimum Gasteiger partial charge on any atom is -0.478 e. The van der Waals surface area contributed by atoms with Crippen LogP contribution in [0.5, 0.6) is 0 Å². The van der Waals surface area contributed by atoms with Crippen LogP contribution in [0, 0.1) is 13.8 Å². The van der Waals surface area contributed by atoms with Crippen molar-refractivity contribution in [2.45, 2.75) is 13.8 Å². The topological polar surface area (TPSA) is 78.9 Å². The largest absolute Gasteiger partial charge is 0.478 e. The number of rotatable bonds is 2. The van der Waals surface area contributed by atoms with E-state index in [1.54, 1.807) is 13.0 Å². The third kappa shape index (κ3) is 2.03. The van der Waals surface area contributed by atoms with E-state index in [1.165, 1.54) is 0 Å². The van der Waals surface area contributed by atoms with Crippen LogP contribution in [0.25, 0.3) is 22.4 Å². The molecule has 1 aromatic carbocycles. The summed E-state index contributed by atoms with van der Waals surface area (Å²) in [5, 5.41) is 9.34. The summed E-state index contributed by atoms with van der Waals surface area (Å²) in [6, 6.07) is 9.37. The number of fused-ring (bicyclic) bond motifs is 1. The Labute approximate surface area is 115 Å². The van der Waals surface area contributed by atoms with E-state index in [0.29, 0.717) is 22.7 Å². The molecule has 5 heteroatoms. The number of aromatic nitrogens is 3. The van der Waals surface area contributed by atoms with Gasteiger partial charge in [-0.15, -0.1) is 0 Å². The van der Waals surface area contributed by atoms with E-state index in [-0.39, 0.29) is 5.56 Å². The average molecular weight is 267 g/mol. The molecular weight excluding hydrogens is 254 g/mol. The molecule has 0 spiro atoms. The van der Waals surface area contributed by atoms with Gasteiger partial charge in [0.1, 0.15) is 5.82 Å². The predicted molar refractivity (Wildman–Crippen MR) is 75.8 cm³/mol. The van der Waals surface area contributed by atoms with E-state index in [2.05, 4.69) is 15.0 Å². The predicted octanol–water partition coefficient (Wildman–Crippen LogP) is 2.94. The molecule has 2 N–H and O–H groups in total. The van der Waals surface area contributed by atoms with Gasteiger partial charge in [-0.1, -0.05) is 23.8 Å². The summed E-state index contributed by atoms with van der Waals surface area (Å²) in [6.07, 6.45) is 0. The molecule has 0 aliphatic carbocycles. The Morgan fingerprint density at radius 1 is 1.20 bits per heavy atom. The Bertz CT molecular complexity index is 821. The second-order valence-electron chi connectivity index (χ2n) is 4.75. The smallest absolute Gasteiger partial charge is 0.338 e. The average Bonchev–Trinajstić information content (AvgIpc) is 2.77. The second kappa shape index (κ2) is 4.45. The van der Waals surface area contributed by atoms with Crippen molar-refractivity contribution in [3.63, 3.8) is 0 Å². The van der Waals surface area contributed by atoms with Crippen molar-refractivity contribution < 1.29 is 9.90 Å². The van der Waals surface area contributed by atoms with Gasteiger partial charge in [-0.05, 0) is 26.0 Å². The fourth-order valence-corrected chi connectivity index (χ4v) is 2.22. The number of hydrogen-bond acceptors (Lipinski definition) is 3. The SMILES string of the molecule is Cc1cccc(-c2cc(C(=O)O)c3[nH]c(C)nc3n2)c1. The minimum atomic E-state index is -0.991. The zero-order valence-electron chi connectivity index (χ0n) is 11.1. The number of carbonyl (C=O) groups is 1. The van der Waals surface area contributed by atoms with Gasteiger partial charge < -0.3 is 10.1 Å². The number of nitrogens with one attached hydrogen (secondary N) is 1. The van der Waals surface area contributed by atoms with E-state index in [4.69, 9.17) is 0 Å². The molecule has 0 saturated heterocycles. The summed E-state index contributed by atoms with van der Waals surface area (Å²) in [5.41, 5.74) is 3.68. The first-order valence-electron chi connectivity index (χ1n) is 6.22. The van der Waals surface area contributed by atoms with Crippen LogP contribution >= 0.6 is 0 Å². The van der Waals surface area contributed by atoms with Gasteiger partial charge in [0, 0.05) is 5.56 Å². The van der Waals surface area contributed by atoms with Crippen molar-refractivity contribution >= 4 is 17.1 Å². The van der Waals surface area contributed by atoms with Gasteiger partial charge in [-0.2, -0.15) is 0 Å². The molecule has 2 heterocycles. The standard InChI is InChI=1S/C15H13N3O2/c1-8-4-3-5-10(6-8)12-7-11(15(19)20)13-14(18-12)17-9(2)16-13/h3-7H,1-2H3,(H,19,20)(H,16,17,18). The number of benzene rings is 1. The molecule has 0 aliphatic rings. The lowest BCUT2D eigenvalue weighted by Crippen LogP contribution is -2.00. The highest BCUT2D eigenvalue weighted by Gasteiger charge is 2.15. The van der Waals surface area contributed by atoms with E-state index in [0.717, 1.165) is 11.1 Å². The molecular formula is C15H13N3O2. The van der Waals surface area contributed by atoms with E-state index in [1.807, 2.05) is 31.2 Å². The molecule has 0 atom stereocenters. The zero-order chi connectivity index (χ0) is 14.3. The highest BCUT2D eigenvalue weighted by atomic mass is 16.4. The van der Waals surface area contributed by atoms with Gasteiger partial charge in [0.05, 0.1) is 16.8 Å². The second-order valence-corrected chi connectivity index (χ2v) is 4.75. The van der Waals surface area contributed by atoms with Gasteiger partial charge in [-0.3, -0.25) is 0 Å². The number of hydrogen-bond donors (Lipinski definition) is 2. The van der Waals surface area contributed by atoms with Crippen molar-refractivity contribution in [2.75, 3.05) is 0 Å². The maximum absolute atomic E-state index is 11.4. The molecule has 2 aromatic heterocycles. The molecule has 0 aliphatic heterocycles. The molecule has 20 heavy (non-hydrogen) atoms. The van der Waals surface area contributed by atoms with Crippen LogP contribution in [0.2, 0.25) is 0 Å².